The van der Waals surface area contributed by atoms with E-state index >= 15 is 0 Å². The average Bonchev–Trinajstić information content (AvgIpc) is 2.72. The number of carbonyl (C=O) groups excluding carboxylic acids is 2. The first-order valence-corrected chi connectivity index (χ1v) is 8.46. The van der Waals surface area contributed by atoms with Crippen LogP contribution >= 0.6 is 23.1 Å². The molecular weight excluding hydrogens is 322 g/mol. The van der Waals surface area contributed by atoms with E-state index in [0.717, 1.165) is 32.4 Å². The molecule has 2 aromatic rings. The van der Waals surface area contributed by atoms with E-state index in [1.807, 2.05) is 13.8 Å². The second kappa shape index (κ2) is 6.93. The highest BCUT2D eigenvalue weighted by atomic mass is 32.2. The van der Waals surface area contributed by atoms with E-state index < -0.39 is 11.9 Å². The molecule has 0 aromatic carbocycles. The Balaban J connectivity index is 2.06. The van der Waals surface area contributed by atoms with Crippen LogP contribution in [0, 0.1) is 13.8 Å². The van der Waals surface area contributed by atoms with Gasteiger partial charge in [-0.2, -0.15) is 0 Å². The molecule has 7 nitrogen and oxygen atoms in total. The zero-order chi connectivity index (χ0) is 16.3. The topological polar surface area (TPSA) is 110 Å². The maximum Gasteiger partial charge on any atom is 0.321 e. The Labute approximate surface area is 136 Å². The van der Waals surface area contributed by atoms with Crippen molar-refractivity contribution in [1.82, 2.24) is 20.6 Å². The number of fused-ring (bicyclic) bond motifs is 1. The molecule has 9 heteroatoms. The zero-order valence-electron chi connectivity index (χ0n) is 12.5. The van der Waals surface area contributed by atoms with Gasteiger partial charge >= 0.3 is 6.03 Å². The predicted octanol–water partition coefficient (Wildman–Crippen LogP) is 1.83. The van der Waals surface area contributed by atoms with Gasteiger partial charge < -0.3 is 11.1 Å². The Morgan fingerprint density at radius 2 is 2.05 bits per heavy atom. The summed E-state index contributed by atoms with van der Waals surface area (Å²) in [5.74, 6) is 0.0565. The first kappa shape index (κ1) is 16.5. The van der Waals surface area contributed by atoms with Crippen LogP contribution in [0.3, 0.4) is 0 Å². The molecule has 3 amide bonds. The molecule has 2 aromatic heterocycles. The molecule has 0 atom stereocenters. The Morgan fingerprint density at radius 1 is 1.32 bits per heavy atom. The van der Waals surface area contributed by atoms with Crippen molar-refractivity contribution in [3.8, 4) is 0 Å². The molecule has 0 saturated carbocycles. The molecule has 0 aliphatic carbocycles. The maximum atomic E-state index is 11.6. The fourth-order valence-corrected chi connectivity index (χ4v) is 3.57. The van der Waals surface area contributed by atoms with Gasteiger partial charge in [-0.15, -0.1) is 11.3 Å². The second-order valence-corrected chi connectivity index (χ2v) is 6.70. The van der Waals surface area contributed by atoms with E-state index in [-0.39, 0.29) is 5.75 Å². The number of rotatable bonds is 4. The third-order valence-corrected chi connectivity index (χ3v) is 4.91. The number of aromatic nitrogens is 2. The van der Waals surface area contributed by atoms with Crippen LogP contribution in [0.5, 0.6) is 0 Å². The summed E-state index contributed by atoms with van der Waals surface area (Å²) in [5.41, 5.74) is 7.06. The molecule has 0 bridgehead atoms. The number of nitrogens with one attached hydrogen (secondary N) is 2. The van der Waals surface area contributed by atoms with Gasteiger partial charge in [-0.1, -0.05) is 11.8 Å². The Hall–Kier alpha value is -1.87. The van der Waals surface area contributed by atoms with Gasteiger partial charge in [-0.05, 0) is 26.3 Å². The van der Waals surface area contributed by atoms with Crippen LogP contribution in [0.4, 0.5) is 10.6 Å². The highest BCUT2D eigenvalue weighted by molar-refractivity contribution is 7.99. The van der Waals surface area contributed by atoms with Gasteiger partial charge in [-0.3, -0.25) is 10.1 Å². The lowest BCUT2D eigenvalue weighted by Gasteiger charge is -2.05. The van der Waals surface area contributed by atoms with Gasteiger partial charge in [0.05, 0.1) is 11.1 Å². The number of aryl methyl sites for hydroxylation is 2. The number of thiophene rings is 1. The van der Waals surface area contributed by atoms with Crippen LogP contribution in [0.1, 0.15) is 17.4 Å². The number of amides is 3. The third kappa shape index (κ3) is 3.66. The molecule has 0 radical (unpaired) electrons. The van der Waals surface area contributed by atoms with Crippen molar-refractivity contribution in [1.29, 1.82) is 0 Å². The van der Waals surface area contributed by atoms with E-state index in [4.69, 9.17) is 5.73 Å². The molecule has 2 rings (SSSR count). The van der Waals surface area contributed by atoms with E-state index in [1.165, 1.54) is 0 Å². The van der Waals surface area contributed by atoms with Crippen molar-refractivity contribution >= 4 is 51.1 Å². The molecule has 0 spiro atoms. The normalized spacial score (nSPS) is 10.7. The summed E-state index contributed by atoms with van der Waals surface area (Å²) in [5, 5.41) is 6.01. The smallest absolute Gasteiger partial charge is 0.321 e. The molecular formula is C13H17N5O2S2. The summed E-state index contributed by atoms with van der Waals surface area (Å²) in [6.07, 6.45) is 0. The highest BCUT2D eigenvalue weighted by Gasteiger charge is 2.14. The van der Waals surface area contributed by atoms with E-state index in [1.54, 1.807) is 18.3 Å². The van der Waals surface area contributed by atoms with Crippen molar-refractivity contribution in [3.05, 3.63) is 10.4 Å². The van der Waals surface area contributed by atoms with Crippen molar-refractivity contribution in [3.63, 3.8) is 0 Å². The lowest BCUT2D eigenvalue weighted by Crippen LogP contribution is -2.40. The second-order valence-electron chi connectivity index (χ2n) is 4.55. The zero-order valence-corrected chi connectivity index (χ0v) is 14.2. The Morgan fingerprint density at radius 3 is 2.73 bits per heavy atom. The maximum absolute atomic E-state index is 11.6. The predicted molar refractivity (Wildman–Crippen MR) is 89.2 cm³/mol. The van der Waals surface area contributed by atoms with E-state index in [0.29, 0.717) is 17.5 Å². The largest absolute Gasteiger partial charge is 0.383 e. The van der Waals surface area contributed by atoms with Gasteiger partial charge in [0.1, 0.15) is 10.6 Å². The summed E-state index contributed by atoms with van der Waals surface area (Å²) < 4.78 is 0. The lowest BCUT2D eigenvalue weighted by atomic mass is 10.2. The van der Waals surface area contributed by atoms with Crippen LogP contribution < -0.4 is 16.4 Å². The van der Waals surface area contributed by atoms with Crippen molar-refractivity contribution in [2.45, 2.75) is 25.9 Å². The van der Waals surface area contributed by atoms with Crippen LogP contribution in [0.2, 0.25) is 0 Å². The number of hydrogen-bond donors (Lipinski definition) is 3. The number of nitrogen functional groups attached to an aromatic ring is 1. The number of nitrogens with zero attached hydrogens (tertiary/aromatic N) is 2. The van der Waals surface area contributed by atoms with Crippen LogP contribution in [0.15, 0.2) is 5.16 Å². The summed E-state index contributed by atoms with van der Waals surface area (Å²) >= 11 is 2.69. The molecule has 2 heterocycles. The number of anilines is 1. The number of nitrogens with two attached hydrogens (primary N) is 1. The fraction of sp³-hybridized carbons (Fsp3) is 0.385. The van der Waals surface area contributed by atoms with Gasteiger partial charge in [0.2, 0.25) is 5.91 Å². The monoisotopic (exact) mass is 339 g/mol. The first-order valence-electron chi connectivity index (χ1n) is 6.66. The van der Waals surface area contributed by atoms with Gasteiger partial charge in [0.15, 0.2) is 5.16 Å². The molecule has 0 aliphatic rings. The summed E-state index contributed by atoms with van der Waals surface area (Å²) in [6.45, 7) is 6.23. The lowest BCUT2D eigenvalue weighted by molar-refractivity contribution is -0.117. The quantitative estimate of drug-likeness (QED) is 0.579. The van der Waals surface area contributed by atoms with Crippen LogP contribution in [-0.2, 0) is 4.79 Å². The summed E-state index contributed by atoms with van der Waals surface area (Å²) in [4.78, 5) is 33.5. The van der Waals surface area contributed by atoms with Crippen LogP contribution in [0.25, 0.3) is 10.2 Å². The van der Waals surface area contributed by atoms with Crippen molar-refractivity contribution < 1.29 is 9.59 Å². The summed E-state index contributed by atoms with van der Waals surface area (Å²) in [7, 11) is 0. The molecule has 0 saturated heterocycles. The SMILES string of the molecule is CCNC(=O)NC(=O)CSc1nc(N)c2c(C)c(C)sc2n1. The van der Waals surface area contributed by atoms with E-state index in [9.17, 15) is 9.59 Å². The van der Waals surface area contributed by atoms with E-state index in [2.05, 4.69) is 20.6 Å². The number of hydrogen-bond acceptors (Lipinski definition) is 7. The van der Waals surface area contributed by atoms with Crippen LogP contribution in [-0.4, -0.2) is 34.2 Å². The van der Waals surface area contributed by atoms with Gasteiger partial charge in [0, 0.05) is 11.4 Å². The molecule has 4 N–H and O–H groups in total. The molecule has 0 unspecified atom stereocenters. The molecule has 0 aliphatic heterocycles. The van der Waals surface area contributed by atoms with Gasteiger partial charge in [0.25, 0.3) is 0 Å². The van der Waals surface area contributed by atoms with Crippen molar-refractivity contribution in [2.24, 2.45) is 0 Å². The first-order chi connectivity index (χ1) is 10.4. The van der Waals surface area contributed by atoms with Crippen molar-refractivity contribution in [2.75, 3.05) is 18.0 Å². The number of urea groups is 1. The molecule has 22 heavy (non-hydrogen) atoms. The number of carbonyl (C=O) groups is 2. The highest BCUT2D eigenvalue weighted by Crippen LogP contribution is 2.33. The standard InChI is InChI=1S/C13H17N5O2S2/c1-4-15-12(20)16-8(19)5-21-13-17-10(14)9-6(2)7(3)22-11(9)18-13/h4-5H2,1-3H3,(H2,14,17,18)(H2,15,16,19,20). The average molecular weight is 339 g/mol. The summed E-state index contributed by atoms with van der Waals surface area (Å²) in [6, 6.07) is -0.506. The minimum atomic E-state index is -0.506. The molecule has 118 valence electrons. The Bertz CT molecular complexity index is 729. The molecule has 0 fully saturated rings. The number of thioether (sulfide) groups is 1. The van der Waals surface area contributed by atoms with Gasteiger partial charge in [-0.25, -0.2) is 14.8 Å². The Kier molecular flexibility index (Phi) is 5.19. The minimum absolute atomic E-state index is 0.0470. The minimum Gasteiger partial charge on any atom is -0.383 e. The fourth-order valence-electron chi connectivity index (χ4n) is 1.82. The third-order valence-electron chi connectivity index (χ3n) is 2.96. The number of imide groups is 1.